The molecule has 1 atom stereocenters. The topological polar surface area (TPSA) is 84.5 Å². The largest absolute Gasteiger partial charge is 0.481 e. The van der Waals surface area contributed by atoms with Crippen LogP contribution < -0.4 is 14.8 Å². The standard InChI is InChI=1S/C20H26N2O4S/c1-14-6-9-18(10-7-14)26-17(4)20(23)21-11-12-22-27(24,25)19-13-15(2)5-8-16(19)3/h5-10,13,17,22H,11-12H2,1-4H3,(H,21,23). The summed E-state index contributed by atoms with van der Waals surface area (Å²) in [5.74, 6) is 0.306. The number of ether oxygens (including phenoxy) is 1. The summed E-state index contributed by atoms with van der Waals surface area (Å²) in [5, 5.41) is 2.67. The Hall–Kier alpha value is -2.38. The molecule has 0 aliphatic rings. The van der Waals surface area contributed by atoms with Gasteiger partial charge in [0.2, 0.25) is 10.0 Å². The van der Waals surface area contributed by atoms with E-state index >= 15 is 0 Å². The van der Waals surface area contributed by atoms with Gasteiger partial charge >= 0.3 is 0 Å². The molecular weight excluding hydrogens is 364 g/mol. The zero-order chi connectivity index (χ0) is 20.0. The maximum Gasteiger partial charge on any atom is 0.260 e. The summed E-state index contributed by atoms with van der Waals surface area (Å²) in [4.78, 5) is 12.3. The maximum atomic E-state index is 12.4. The van der Waals surface area contributed by atoms with E-state index in [1.807, 2.05) is 32.0 Å². The average Bonchev–Trinajstić information content (AvgIpc) is 2.62. The molecule has 0 heterocycles. The van der Waals surface area contributed by atoms with Crippen molar-refractivity contribution < 1.29 is 17.9 Å². The van der Waals surface area contributed by atoms with Crippen molar-refractivity contribution in [3.8, 4) is 5.75 Å². The number of hydrogen-bond acceptors (Lipinski definition) is 4. The molecule has 0 saturated heterocycles. The zero-order valence-electron chi connectivity index (χ0n) is 16.1. The molecule has 0 bridgehead atoms. The van der Waals surface area contributed by atoms with Crippen LogP contribution in [-0.4, -0.2) is 33.5 Å². The molecule has 6 nitrogen and oxygen atoms in total. The van der Waals surface area contributed by atoms with Gasteiger partial charge < -0.3 is 10.1 Å². The molecule has 27 heavy (non-hydrogen) atoms. The normalized spacial score (nSPS) is 12.4. The molecular formula is C20H26N2O4S. The van der Waals surface area contributed by atoms with Gasteiger partial charge in [0, 0.05) is 13.1 Å². The van der Waals surface area contributed by atoms with E-state index < -0.39 is 16.1 Å². The fraction of sp³-hybridized carbons (Fsp3) is 0.350. The van der Waals surface area contributed by atoms with Crippen molar-refractivity contribution in [2.75, 3.05) is 13.1 Å². The number of aryl methyl sites for hydroxylation is 3. The van der Waals surface area contributed by atoms with Crippen LogP contribution in [0.15, 0.2) is 47.4 Å². The fourth-order valence-corrected chi connectivity index (χ4v) is 3.82. The minimum absolute atomic E-state index is 0.0959. The molecule has 0 fully saturated rings. The molecule has 0 radical (unpaired) electrons. The highest BCUT2D eigenvalue weighted by atomic mass is 32.2. The molecule has 2 aromatic rings. The Kier molecular flexibility index (Phi) is 6.98. The molecule has 2 N–H and O–H groups in total. The third-order valence-corrected chi connectivity index (χ3v) is 5.66. The SMILES string of the molecule is Cc1ccc(OC(C)C(=O)NCCNS(=O)(=O)c2cc(C)ccc2C)cc1. The van der Waals surface area contributed by atoms with Gasteiger partial charge in [0.05, 0.1) is 4.90 Å². The van der Waals surface area contributed by atoms with Gasteiger partial charge in [0.15, 0.2) is 6.10 Å². The minimum atomic E-state index is -3.62. The molecule has 1 unspecified atom stereocenters. The van der Waals surface area contributed by atoms with Crippen LogP contribution in [0.1, 0.15) is 23.6 Å². The lowest BCUT2D eigenvalue weighted by atomic mass is 10.2. The highest BCUT2D eigenvalue weighted by Crippen LogP contribution is 2.16. The number of hydrogen-bond donors (Lipinski definition) is 2. The lowest BCUT2D eigenvalue weighted by molar-refractivity contribution is -0.127. The smallest absolute Gasteiger partial charge is 0.260 e. The molecule has 0 saturated carbocycles. The van der Waals surface area contributed by atoms with Crippen molar-refractivity contribution in [2.24, 2.45) is 0 Å². The van der Waals surface area contributed by atoms with Crippen LogP contribution in [0, 0.1) is 20.8 Å². The number of nitrogens with one attached hydrogen (secondary N) is 2. The van der Waals surface area contributed by atoms with Crippen LogP contribution in [-0.2, 0) is 14.8 Å². The number of rotatable bonds is 8. The first kappa shape index (κ1) is 20.9. The van der Waals surface area contributed by atoms with Crippen molar-refractivity contribution in [3.05, 3.63) is 59.2 Å². The van der Waals surface area contributed by atoms with E-state index in [-0.39, 0.29) is 23.9 Å². The maximum absolute atomic E-state index is 12.4. The van der Waals surface area contributed by atoms with Gasteiger partial charge in [-0.2, -0.15) is 0 Å². The molecule has 1 amide bonds. The third-order valence-electron chi connectivity index (χ3n) is 4.05. The molecule has 146 valence electrons. The van der Waals surface area contributed by atoms with Crippen LogP contribution in [0.25, 0.3) is 0 Å². The second-order valence-corrected chi connectivity index (χ2v) is 8.27. The van der Waals surface area contributed by atoms with E-state index in [4.69, 9.17) is 4.74 Å². The first-order valence-electron chi connectivity index (χ1n) is 8.77. The molecule has 2 aromatic carbocycles. The zero-order valence-corrected chi connectivity index (χ0v) is 16.9. The highest BCUT2D eigenvalue weighted by molar-refractivity contribution is 7.89. The summed E-state index contributed by atoms with van der Waals surface area (Å²) in [6, 6.07) is 12.7. The van der Waals surface area contributed by atoms with Crippen molar-refractivity contribution >= 4 is 15.9 Å². The lowest BCUT2D eigenvalue weighted by Crippen LogP contribution is -2.40. The predicted octanol–water partition coefficient (Wildman–Crippen LogP) is 2.47. The van der Waals surface area contributed by atoms with E-state index in [2.05, 4.69) is 10.0 Å². The summed E-state index contributed by atoms with van der Waals surface area (Å²) in [6.07, 6.45) is -0.677. The molecule has 0 spiro atoms. The number of benzene rings is 2. The van der Waals surface area contributed by atoms with Gasteiger partial charge in [-0.3, -0.25) is 4.79 Å². The van der Waals surface area contributed by atoms with Crippen LogP contribution >= 0.6 is 0 Å². The summed E-state index contributed by atoms with van der Waals surface area (Å²) in [7, 11) is -3.62. The van der Waals surface area contributed by atoms with E-state index in [1.165, 1.54) is 0 Å². The summed E-state index contributed by atoms with van der Waals surface area (Å²) >= 11 is 0. The highest BCUT2D eigenvalue weighted by Gasteiger charge is 2.17. The van der Waals surface area contributed by atoms with Gasteiger partial charge in [-0.05, 0) is 57.0 Å². The number of carbonyl (C=O) groups is 1. The predicted molar refractivity (Wildman–Crippen MR) is 105 cm³/mol. The number of carbonyl (C=O) groups excluding carboxylic acids is 1. The van der Waals surface area contributed by atoms with Crippen molar-refractivity contribution in [3.63, 3.8) is 0 Å². The minimum Gasteiger partial charge on any atom is -0.481 e. The summed E-state index contributed by atoms with van der Waals surface area (Å²) in [6.45, 7) is 7.48. The lowest BCUT2D eigenvalue weighted by Gasteiger charge is -2.15. The first-order valence-corrected chi connectivity index (χ1v) is 10.3. The Balaban J connectivity index is 1.82. The van der Waals surface area contributed by atoms with E-state index in [0.717, 1.165) is 11.1 Å². The van der Waals surface area contributed by atoms with Crippen LogP contribution in [0.2, 0.25) is 0 Å². The summed E-state index contributed by atoms with van der Waals surface area (Å²) in [5.41, 5.74) is 2.66. The Labute approximate surface area is 161 Å². The van der Waals surface area contributed by atoms with Crippen molar-refractivity contribution in [2.45, 2.75) is 38.7 Å². The Morgan fingerprint density at radius 1 is 1.00 bits per heavy atom. The molecule has 0 aliphatic carbocycles. The van der Waals surface area contributed by atoms with Gasteiger partial charge in [-0.15, -0.1) is 0 Å². The third kappa shape index (κ3) is 6.08. The van der Waals surface area contributed by atoms with E-state index in [1.54, 1.807) is 38.1 Å². The van der Waals surface area contributed by atoms with Gasteiger partial charge in [-0.1, -0.05) is 29.8 Å². The van der Waals surface area contributed by atoms with Crippen molar-refractivity contribution in [1.29, 1.82) is 0 Å². The molecule has 7 heteroatoms. The average molecular weight is 391 g/mol. The molecule has 0 aromatic heterocycles. The number of amides is 1. The first-order chi connectivity index (χ1) is 12.7. The Bertz CT molecular complexity index is 893. The van der Waals surface area contributed by atoms with Crippen molar-refractivity contribution in [1.82, 2.24) is 10.0 Å². The van der Waals surface area contributed by atoms with Gasteiger partial charge in [-0.25, -0.2) is 13.1 Å². The Morgan fingerprint density at radius 3 is 2.30 bits per heavy atom. The molecule has 2 rings (SSSR count). The van der Waals surface area contributed by atoms with Gasteiger partial charge in [0.1, 0.15) is 5.75 Å². The quantitative estimate of drug-likeness (QED) is 0.678. The summed E-state index contributed by atoms with van der Waals surface area (Å²) < 4.78 is 32.9. The van der Waals surface area contributed by atoms with Gasteiger partial charge in [0.25, 0.3) is 5.91 Å². The molecule has 0 aliphatic heterocycles. The van der Waals surface area contributed by atoms with Crippen LogP contribution in [0.3, 0.4) is 0 Å². The number of sulfonamides is 1. The second-order valence-electron chi connectivity index (χ2n) is 6.53. The van der Waals surface area contributed by atoms with Crippen LogP contribution in [0.4, 0.5) is 0 Å². The van der Waals surface area contributed by atoms with Crippen LogP contribution in [0.5, 0.6) is 5.75 Å². The van der Waals surface area contributed by atoms with E-state index in [0.29, 0.717) is 11.3 Å². The Morgan fingerprint density at radius 2 is 1.63 bits per heavy atom. The fourth-order valence-electron chi connectivity index (χ4n) is 2.46. The monoisotopic (exact) mass is 390 g/mol. The second kappa shape index (κ2) is 9.01. The van der Waals surface area contributed by atoms with E-state index in [9.17, 15) is 13.2 Å².